The van der Waals surface area contributed by atoms with Gasteiger partial charge in [0.05, 0.1) is 17.6 Å². The van der Waals surface area contributed by atoms with Crippen LogP contribution in [0.2, 0.25) is 0 Å². The predicted molar refractivity (Wildman–Crippen MR) is 126 cm³/mol. The van der Waals surface area contributed by atoms with Gasteiger partial charge in [0.1, 0.15) is 11.6 Å². The van der Waals surface area contributed by atoms with Gasteiger partial charge in [0, 0.05) is 12.6 Å². The molecular formula is C24H42BN3O5. The molecule has 2 bridgehead atoms. The summed E-state index contributed by atoms with van der Waals surface area (Å²) >= 11 is 0. The molecule has 2 saturated heterocycles. The minimum atomic E-state index is -0.665. The van der Waals surface area contributed by atoms with Crippen LogP contribution in [0, 0.1) is 23.2 Å². The second-order valence-corrected chi connectivity index (χ2v) is 12.8. The summed E-state index contributed by atoms with van der Waals surface area (Å²) in [7, 11) is -0.510. The highest BCUT2D eigenvalue weighted by molar-refractivity contribution is 6.48. The number of nitrogens with zero attached hydrogens (tertiary/aromatic N) is 1. The van der Waals surface area contributed by atoms with Crippen LogP contribution < -0.4 is 11.1 Å². The van der Waals surface area contributed by atoms with Crippen LogP contribution in [-0.2, 0) is 18.8 Å². The number of nitrogens with two attached hydrogens (primary N) is 1. The molecule has 0 aromatic heterocycles. The highest BCUT2D eigenvalue weighted by Crippen LogP contribution is 2.65. The number of amides is 2. The first kappa shape index (κ1) is 24.8. The van der Waals surface area contributed by atoms with E-state index in [1.165, 1.54) is 11.3 Å². The fraction of sp³-hybridized carbons (Fsp3) is 0.917. The molecule has 3 N–H and O–H groups in total. The van der Waals surface area contributed by atoms with Crippen LogP contribution in [0.4, 0.5) is 4.79 Å². The smallest absolute Gasteiger partial charge is 0.444 e. The van der Waals surface area contributed by atoms with E-state index in [4.69, 9.17) is 19.8 Å². The van der Waals surface area contributed by atoms with Crippen molar-refractivity contribution in [3.8, 4) is 0 Å². The van der Waals surface area contributed by atoms with E-state index in [0.717, 1.165) is 6.42 Å². The van der Waals surface area contributed by atoms with Gasteiger partial charge in [0.2, 0.25) is 5.91 Å². The van der Waals surface area contributed by atoms with Crippen molar-refractivity contribution in [1.29, 1.82) is 0 Å². The van der Waals surface area contributed by atoms with Crippen LogP contribution in [-0.4, -0.2) is 65.9 Å². The summed E-state index contributed by atoms with van der Waals surface area (Å²) in [6.45, 7) is 16.7. The lowest BCUT2D eigenvalue weighted by atomic mass is 9.43. The molecule has 2 heterocycles. The fourth-order valence-electron chi connectivity index (χ4n) is 6.50. The predicted octanol–water partition coefficient (Wildman–Crippen LogP) is 2.73. The van der Waals surface area contributed by atoms with Gasteiger partial charge in [-0.15, -0.1) is 0 Å². The van der Waals surface area contributed by atoms with E-state index in [1.807, 2.05) is 20.8 Å². The van der Waals surface area contributed by atoms with Crippen molar-refractivity contribution >= 4 is 19.1 Å². The summed E-state index contributed by atoms with van der Waals surface area (Å²) in [5.41, 5.74) is 5.41. The average molecular weight is 463 g/mol. The van der Waals surface area contributed by atoms with E-state index in [-0.39, 0.29) is 40.9 Å². The second kappa shape index (κ2) is 8.13. The van der Waals surface area contributed by atoms with Crippen molar-refractivity contribution in [2.45, 2.75) is 110 Å². The molecule has 0 radical (unpaired) electrons. The quantitative estimate of drug-likeness (QED) is 0.622. The van der Waals surface area contributed by atoms with Gasteiger partial charge in [0.25, 0.3) is 0 Å². The molecule has 0 aromatic carbocycles. The van der Waals surface area contributed by atoms with E-state index in [2.05, 4.69) is 39.9 Å². The number of hydrogen-bond acceptors (Lipinski definition) is 6. The molecule has 3 saturated carbocycles. The van der Waals surface area contributed by atoms with Gasteiger partial charge in [-0.1, -0.05) is 27.7 Å². The Labute approximate surface area is 198 Å². The molecule has 33 heavy (non-hydrogen) atoms. The van der Waals surface area contributed by atoms with Gasteiger partial charge < -0.3 is 25.1 Å². The Morgan fingerprint density at radius 3 is 2.42 bits per heavy atom. The van der Waals surface area contributed by atoms with Crippen molar-refractivity contribution < 1.29 is 23.6 Å². The topological polar surface area (TPSA) is 103 Å². The first-order valence-electron chi connectivity index (χ1n) is 12.5. The number of carbonyl (C=O) groups excluding carboxylic acids is 2. The summed E-state index contributed by atoms with van der Waals surface area (Å²) in [5.74, 6) is 0.660. The van der Waals surface area contributed by atoms with Gasteiger partial charge in [0.15, 0.2) is 0 Å². The van der Waals surface area contributed by atoms with Crippen molar-refractivity contribution in [3.63, 3.8) is 0 Å². The van der Waals surface area contributed by atoms with E-state index >= 15 is 0 Å². The van der Waals surface area contributed by atoms with Crippen molar-refractivity contribution in [3.05, 3.63) is 0 Å². The van der Waals surface area contributed by atoms with Crippen molar-refractivity contribution in [2.75, 3.05) is 6.54 Å². The molecule has 0 aromatic rings. The average Bonchev–Trinajstić information content (AvgIpc) is 3.23. The molecule has 5 fully saturated rings. The zero-order valence-corrected chi connectivity index (χ0v) is 21.5. The molecule has 0 spiro atoms. The van der Waals surface area contributed by atoms with Crippen LogP contribution >= 0.6 is 0 Å². The Morgan fingerprint density at radius 1 is 1.18 bits per heavy atom. The summed E-state index contributed by atoms with van der Waals surface area (Å²) in [6.07, 6.45) is 2.13. The molecule has 5 aliphatic rings. The van der Waals surface area contributed by atoms with Gasteiger partial charge in [-0.3, -0.25) is 9.69 Å². The number of hydrogen-bond donors (Lipinski definition) is 2. The number of likely N-dealkylation sites (tertiary alicyclic amines) is 1. The number of ether oxygens (including phenoxy) is 1. The van der Waals surface area contributed by atoms with Crippen LogP contribution in [0.1, 0.15) is 74.7 Å². The molecule has 3 aliphatic carbocycles. The molecule has 9 heteroatoms. The molecule has 186 valence electrons. The molecule has 2 aliphatic heterocycles. The first-order valence-corrected chi connectivity index (χ1v) is 12.5. The first-order chi connectivity index (χ1) is 15.1. The SMILES string of the molecule is CC(C)[C@H](NC(=O)[C@@H]1C[C@H](N)CN1C(=O)OC(C)(C)C)B1O[C@@H]2C[C@@H]3C[C@@H](C3(C)C)[C@]2(C)O1. The molecule has 8 nitrogen and oxygen atoms in total. The van der Waals surface area contributed by atoms with E-state index in [0.29, 0.717) is 24.8 Å². The van der Waals surface area contributed by atoms with Crippen LogP contribution in [0.25, 0.3) is 0 Å². The van der Waals surface area contributed by atoms with Crippen LogP contribution in [0.5, 0.6) is 0 Å². The zero-order chi connectivity index (χ0) is 24.5. The van der Waals surface area contributed by atoms with Gasteiger partial charge in [-0.05, 0) is 70.1 Å². The Bertz CT molecular complexity index is 799. The van der Waals surface area contributed by atoms with Crippen LogP contribution in [0.3, 0.4) is 0 Å². The highest BCUT2D eigenvalue weighted by atomic mass is 16.7. The summed E-state index contributed by atoms with van der Waals surface area (Å²) in [5, 5.41) is 3.15. The van der Waals surface area contributed by atoms with Gasteiger partial charge in [-0.25, -0.2) is 4.79 Å². The second-order valence-electron chi connectivity index (χ2n) is 12.8. The zero-order valence-electron chi connectivity index (χ0n) is 21.5. The summed E-state index contributed by atoms with van der Waals surface area (Å²) < 4.78 is 18.6. The van der Waals surface area contributed by atoms with Gasteiger partial charge in [-0.2, -0.15) is 0 Å². The van der Waals surface area contributed by atoms with E-state index < -0.39 is 24.9 Å². The van der Waals surface area contributed by atoms with Gasteiger partial charge >= 0.3 is 13.2 Å². The fourth-order valence-corrected chi connectivity index (χ4v) is 6.50. The molecule has 0 unspecified atom stereocenters. The maximum absolute atomic E-state index is 13.4. The molecule has 2 amide bonds. The molecular weight excluding hydrogens is 421 g/mol. The van der Waals surface area contributed by atoms with E-state index in [9.17, 15) is 9.59 Å². The number of nitrogens with one attached hydrogen (secondary N) is 1. The molecule has 5 rings (SSSR count). The standard InChI is InChI=1S/C24H42BN3O5/c1-13(2)19(25-32-18-10-14-9-17(23(14,6)7)24(18,8)33-25)27-20(29)16-11-15(26)12-28(16)21(30)31-22(3,4)5/h13-19H,9-12,26H2,1-8H3,(H,27,29)/t14-,15-,16-,17-,18+,19-,24-/m0/s1. The maximum atomic E-state index is 13.4. The largest absolute Gasteiger partial charge is 0.481 e. The lowest BCUT2D eigenvalue weighted by Gasteiger charge is -2.64. The van der Waals surface area contributed by atoms with Crippen LogP contribution in [0.15, 0.2) is 0 Å². The lowest BCUT2D eigenvalue weighted by molar-refractivity contribution is -0.199. The third-order valence-electron chi connectivity index (χ3n) is 8.55. The monoisotopic (exact) mass is 463 g/mol. The normalized spacial score (nSPS) is 38.1. The Hall–Kier alpha value is -1.32. The Kier molecular flexibility index (Phi) is 6.11. The number of rotatable bonds is 4. The minimum Gasteiger partial charge on any atom is -0.444 e. The highest BCUT2D eigenvalue weighted by Gasteiger charge is 2.68. The molecule has 7 atom stereocenters. The third-order valence-corrected chi connectivity index (χ3v) is 8.55. The minimum absolute atomic E-state index is 0.0515. The Balaban J connectivity index is 1.46. The van der Waals surface area contributed by atoms with Crippen molar-refractivity contribution in [2.24, 2.45) is 28.9 Å². The third kappa shape index (κ3) is 4.29. The van der Waals surface area contributed by atoms with Crippen molar-refractivity contribution in [1.82, 2.24) is 10.2 Å². The van der Waals surface area contributed by atoms with E-state index in [1.54, 1.807) is 0 Å². The number of carbonyl (C=O) groups is 2. The summed E-state index contributed by atoms with van der Waals surface area (Å²) in [6, 6.07) is -0.928. The Morgan fingerprint density at radius 2 is 1.85 bits per heavy atom. The lowest BCUT2D eigenvalue weighted by Crippen LogP contribution is -2.65. The summed E-state index contributed by atoms with van der Waals surface area (Å²) in [4.78, 5) is 27.6. The maximum Gasteiger partial charge on any atom is 0.481 e.